The fraction of sp³-hybridized carbons (Fsp3) is 0.500. The first-order valence-corrected chi connectivity index (χ1v) is 7.36. The number of carboxylic acids is 1. The molecule has 1 aliphatic rings. The second-order valence-corrected chi connectivity index (χ2v) is 6.03. The van der Waals surface area contributed by atoms with Gasteiger partial charge in [-0.2, -0.15) is 0 Å². The molecule has 1 heterocycles. The first-order chi connectivity index (χ1) is 8.63. The Bertz CT molecular complexity index is 447. The second-order valence-electron chi connectivity index (χ2n) is 4.73. The van der Waals surface area contributed by atoms with Gasteiger partial charge in [0.05, 0.1) is 11.3 Å². The average Bonchev–Trinajstić information content (AvgIpc) is 2.75. The van der Waals surface area contributed by atoms with Crippen molar-refractivity contribution in [2.24, 2.45) is 5.92 Å². The molecule has 0 aliphatic carbocycles. The maximum Gasteiger partial charge on any atom is 0.338 e. The summed E-state index contributed by atoms with van der Waals surface area (Å²) in [6.07, 6.45) is 1.14. The van der Waals surface area contributed by atoms with Crippen LogP contribution in [0.3, 0.4) is 0 Å². The van der Waals surface area contributed by atoms with Gasteiger partial charge in [0.15, 0.2) is 0 Å². The van der Waals surface area contributed by atoms with Gasteiger partial charge in [-0.1, -0.05) is 19.9 Å². The van der Waals surface area contributed by atoms with Crippen molar-refractivity contribution in [3.63, 3.8) is 0 Å². The van der Waals surface area contributed by atoms with Crippen molar-refractivity contribution in [3.05, 3.63) is 23.8 Å². The highest BCUT2D eigenvalue weighted by Gasteiger charge is 2.24. The molecular formula is C14H19NO2S. The lowest BCUT2D eigenvalue weighted by Crippen LogP contribution is -2.22. The van der Waals surface area contributed by atoms with Crippen LogP contribution in [0.4, 0.5) is 5.69 Å². The van der Waals surface area contributed by atoms with Gasteiger partial charge in [0, 0.05) is 18.0 Å². The highest BCUT2D eigenvalue weighted by atomic mass is 32.2. The van der Waals surface area contributed by atoms with E-state index in [4.69, 9.17) is 0 Å². The van der Waals surface area contributed by atoms with Gasteiger partial charge in [-0.05, 0) is 30.2 Å². The summed E-state index contributed by atoms with van der Waals surface area (Å²) in [7, 11) is 0. The lowest BCUT2D eigenvalue weighted by Gasteiger charge is -2.21. The molecule has 18 heavy (non-hydrogen) atoms. The van der Waals surface area contributed by atoms with E-state index in [1.54, 1.807) is 11.8 Å². The molecule has 0 bridgehead atoms. The summed E-state index contributed by atoms with van der Waals surface area (Å²) in [6.45, 7) is 6.17. The first kappa shape index (κ1) is 13.3. The number of thioether (sulfide) groups is 1. The number of carbonyl (C=O) groups is 1. The van der Waals surface area contributed by atoms with Crippen LogP contribution in [-0.4, -0.2) is 29.9 Å². The van der Waals surface area contributed by atoms with Crippen molar-refractivity contribution >= 4 is 23.4 Å². The SMILES string of the molecule is CCSc1cccc(N2CCC(C)C2)c1C(=O)O. The van der Waals surface area contributed by atoms with Crippen LogP contribution in [-0.2, 0) is 0 Å². The summed E-state index contributed by atoms with van der Waals surface area (Å²) in [5.74, 6) is 0.718. The number of aromatic carboxylic acids is 1. The lowest BCUT2D eigenvalue weighted by molar-refractivity contribution is 0.0694. The molecule has 2 rings (SSSR count). The Labute approximate surface area is 112 Å². The minimum atomic E-state index is -0.818. The third-order valence-electron chi connectivity index (χ3n) is 3.28. The van der Waals surface area contributed by atoms with E-state index in [2.05, 4.69) is 11.8 Å². The maximum atomic E-state index is 11.5. The van der Waals surface area contributed by atoms with Crippen LogP contribution in [0.2, 0.25) is 0 Å². The van der Waals surface area contributed by atoms with Crippen molar-refractivity contribution in [1.82, 2.24) is 0 Å². The maximum absolute atomic E-state index is 11.5. The number of nitrogens with zero attached hydrogens (tertiary/aromatic N) is 1. The molecule has 98 valence electrons. The molecule has 1 aromatic carbocycles. The van der Waals surface area contributed by atoms with Crippen LogP contribution in [0.25, 0.3) is 0 Å². The van der Waals surface area contributed by atoms with Crippen molar-refractivity contribution in [2.45, 2.75) is 25.2 Å². The zero-order valence-electron chi connectivity index (χ0n) is 10.8. The number of benzene rings is 1. The highest BCUT2D eigenvalue weighted by molar-refractivity contribution is 7.99. The fourth-order valence-corrected chi connectivity index (χ4v) is 3.25. The minimum absolute atomic E-state index is 0.471. The number of rotatable bonds is 4. The molecule has 1 unspecified atom stereocenters. The van der Waals surface area contributed by atoms with Crippen LogP contribution in [0.15, 0.2) is 23.1 Å². The predicted octanol–water partition coefficient (Wildman–Crippen LogP) is 3.34. The van der Waals surface area contributed by atoms with Crippen molar-refractivity contribution < 1.29 is 9.90 Å². The molecule has 0 spiro atoms. The van der Waals surface area contributed by atoms with E-state index in [1.165, 1.54) is 0 Å². The molecule has 0 amide bonds. The van der Waals surface area contributed by atoms with Gasteiger partial charge in [-0.25, -0.2) is 4.79 Å². The molecule has 0 saturated carbocycles. The van der Waals surface area contributed by atoms with E-state index < -0.39 is 5.97 Å². The molecular weight excluding hydrogens is 246 g/mol. The van der Waals surface area contributed by atoms with Crippen LogP contribution in [0.5, 0.6) is 0 Å². The summed E-state index contributed by atoms with van der Waals surface area (Å²) >= 11 is 1.60. The first-order valence-electron chi connectivity index (χ1n) is 6.37. The van der Waals surface area contributed by atoms with E-state index in [9.17, 15) is 9.90 Å². The normalized spacial score (nSPS) is 19.2. The monoisotopic (exact) mass is 265 g/mol. The molecule has 1 N–H and O–H groups in total. The Morgan fingerprint density at radius 2 is 2.33 bits per heavy atom. The smallest absolute Gasteiger partial charge is 0.338 e. The summed E-state index contributed by atoms with van der Waals surface area (Å²) < 4.78 is 0. The second kappa shape index (κ2) is 5.65. The molecule has 1 saturated heterocycles. The third kappa shape index (κ3) is 2.64. The number of anilines is 1. The average molecular weight is 265 g/mol. The van der Waals surface area contributed by atoms with E-state index in [0.29, 0.717) is 11.5 Å². The lowest BCUT2D eigenvalue weighted by atomic mass is 10.1. The van der Waals surface area contributed by atoms with E-state index in [0.717, 1.165) is 35.8 Å². The molecule has 0 radical (unpaired) electrons. The quantitative estimate of drug-likeness (QED) is 0.848. The molecule has 1 aliphatic heterocycles. The number of hydrogen-bond donors (Lipinski definition) is 1. The van der Waals surface area contributed by atoms with Crippen LogP contribution >= 0.6 is 11.8 Å². The summed E-state index contributed by atoms with van der Waals surface area (Å²) in [5, 5.41) is 9.46. The largest absolute Gasteiger partial charge is 0.478 e. The van der Waals surface area contributed by atoms with Crippen molar-refractivity contribution in [2.75, 3.05) is 23.7 Å². The Kier molecular flexibility index (Phi) is 4.17. The van der Waals surface area contributed by atoms with Gasteiger partial charge < -0.3 is 10.0 Å². The van der Waals surface area contributed by atoms with Gasteiger partial charge in [0.25, 0.3) is 0 Å². The Morgan fingerprint density at radius 3 is 2.89 bits per heavy atom. The molecule has 1 fully saturated rings. The van der Waals surface area contributed by atoms with Crippen molar-refractivity contribution in [1.29, 1.82) is 0 Å². The van der Waals surface area contributed by atoms with Gasteiger partial charge >= 0.3 is 5.97 Å². The Balaban J connectivity index is 2.39. The van der Waals surface area contributed by atoms with Crippen LogP contribution < -0.4 is 4.90 Å². The zero-order chi connectivity index (χ0) is 13.1. The molecule has 0 aromatic heterocycles. The predicted molar refractivity (Wildman–Crippen MR) is 75.8 cm³/mol. The third-order valence-corrected chi connectivity index (χ3v) is 4.22. The molecule has 3 nitrogen and oxygen atoms in total. The molecule has 1 aromatic rings. The van der Waals surface area contributed by atoms with Gasteiger partial charge in [0.2, 0.25) is 0 Å². The highest BCUT2D eigenvalue weighted by Crippen LogP contribution is 2.33. The van der Waals surface area contributed by atoms with Gasteiger partial charge in [-0.3, -0.25) is 0 Å². The molecule has 4 heteroatoms. The Hall–Kier alpha value is -1.16. The van der Waals surface area contributed by atoms with E-state index >= 15 is 0 Å². The fourth-order valence-electron chi connectivity index (χ4n) is 2.43. The minimum Gasteiger partial charge on any atom is -0.478 e. The zero-order valence-corrected chi connectivity index (χ0v) is 11.7. The number of hydrogen-bond acceptors (Lipinski definition) is 3. The standard InChI is InChI=1S/C14H19NO2S/c1-3-18-12-6-4-5-11(13(12)14(16)17)15-8-7-10(2)9-15/h4-6,10H,3,7-9H2,1-2H3,(H,16,17). The van der Waals surface area contributed by atoms with Crippen molar-refractivity contribution in [3.8, 4) is 0 Å². The van der Waals surface area contributed by atoms with Gasteiger partial charge in [-0.15, -0.1) is 11.8 Å². The summed E-state index contributed by atoms with van der Waals surface area (Å²) in [6, 6.07) is 5.80. The van der Waals surface area contributed by atoms with E-state index in [-0.39, 0.29) is 0 Å². The molecule has 1 atom stereocenters. The summed E-state index contributed by atoms with van der Waals surface area (Å²) in [5.41, 5.74) is 1.35. The summed E-state index contributed by atoms with van der Waals surface area (Å²) in [4.78, 5) is 14.6. The Morgan fingerprint density at radius 1 is 1.56 bits per heavy atom. The number of carboxylic acid groups (broad SMARTS) is 1. The van der Waals surface area contributed by atoms with Crippen LogP contribution in [0, 0.1) is 5.92 Å². The topological polar surface area (TPSA) is 40.5 Å². The van der Waals surface area contributed by atoms with E-state index in [1.807, 2.05) is 25.1 Å². The van der Waals surface area contributed by atoms with Crippen LogP contribution in [0.1, 0.15) is 30.6 Å². The van der Waals surface area contributed by atoms with Gasteiger partial charge in [0.1, 0.15) is 0 Å².